The highest BCUT2D eigenvalue weighted by molar-refractivity contribution is 6.30. The summed E-state index contributed by atoms with van der Waals surface area (Å²) in [6, 6.07) is 9.66. The molecule has 0 aliphatic carbocycles. The van der Waals surface area contributed by atoms with E-state index in [0.717, 1.165) is 16.5 Å². The first-order chi connectivity index (χ1) is 10.6. The van der Waals surface area contributed by atoms with Crippen molar-refractivity contribution < 1.29 is 9.18 Å². The van der Waals surface area contributed by atoms with Gasteiger partial charge in [0.1, 0.15) is 16.7 Å². The van der Waals surface area contributed by atoms with E-state index in [4.69, 9.17) is 11.6 Å². The lowest BCUT2D eigenvalue weighted by atomic mass is 10.1. The average Bonchev–Trinajstić information content (AvgIpc) is 2.92. The third-order valence-electron chi connectivity index (χ3n) is 3.33. The Morgan fingerprint density at radius 2 is 2.05 bits per heavy atom. The Balaban J connectivity index is 1.62. The van der Waals surface area contributed by atoms with Crippen molar-refractivity contribution in [2.45, 2.75) is 6.42 Å². The molecule has 0 aliphatic heterocycles. The van der Waals surface area contributed by atoms with Crippen molar-refractivity contribution in [1.82, 2.24) is 15.3 Å². The molecule has 2 heterocycles. The summed E-state index contributed by atoms with van der Waals surface area (Å²) in [5.41, 5.74) is 2.18. The van der Waals surface area contributed by atoms with Crippen LogP contribution >= 0.6 is 11.6 Å². The molecule has 6 heteroatoms. The molecule has 0 bridgehead atoms. The molecule has 3 aromatic rings. The minimum Gasteiger partial charge on any atom is -0.350 e. The zero-order chi connectivity index (χ0) is 15.5. The molecule has 1 aromatic carbocycles. The van der Waals surface area contributed by atoms with Crippen LogP contribution in [-0.2, 0) is 6.42 Å². The average molecular weight is 318 g/mol. The van der Waals surface area contributed by atoms with Crippen LogP contribution in [-0.4, -0.2) is 22.4 Å². The van der Waals surface area contributed by atoms with Crippen LogP contribution < -0.4 is 5.32 Å². The van der Waals surface area contributed by atoms with E-state index < -0.39 is 0 Å². The van der Waals surface area contributed by atoms with Crippen molar-refractivity contribution in [2.75, 3.05) is 6.54 Å². The Bertz CT molecular complexity index is 814. The van der Waals surface area contributed by atoms with Gasteiger partial charge in [0.2, 0.25) is 0 Å². The second kappa shape index (κ2) is 6.15. The third kappa shape index (κ3) is 3.26. The molecular formula is C16H13ClFN3O. The summed E-state index contributed by atoms with van der Waals surface area (Å²) < 4.78 is 12.8. The summed E-state index contributed by atoms with van der Waals surface area (Å²) >= 11 is 5.82. The van der Waals surface area contributed by atoms with E-state index in [-0.39, 0.29) is 11.7 Å². The topological polar surface area (TPSA) is 57.8 Å². The van der Waals surface area contributed by atoms with Crippen LogP contribution in [0.3, 0.4) is 0 Å². The lowest BCUT2D eigenvalue weighted by Gasteiger charge is -2.04. The second-order valence-electron chi connectivity index (χ2n) is 4.91. The molecule has 0 radical (unpaired) electrons. The Hall–Kier alpha value is -2.40. The van der Waals surface area contributed by atoms with Gasteiger partial charge in [-0.15, -0.1) is 0 Å². The SMILES string of the molecule is O=C(NCCc1ccc(F)cc1)c1cc2cc(Cl)ncc2[nH]1. The number of aromatic amines is 1. The van der Waals surface area contributed by atoms with E-state index in [1.165, 1.54) is 12.1 Å². The van der Waals surface area contributed by atoms with E-state index in [0.29, 0.717) is 23.8 Å². The maximum atomic E-state index is 12.8. The number of benzene rings is 1. The normalized spacial score (nSPS) is 10.8. The number of nitrogens with zero attached hydrogens (tertiary/aromatic N) is 1. The second-order valence-corrected chi connectivity index (χ2v) is 5.30. The standard InChI is InChI=1S/C16H13ClFN3O/c17-15-8-11-7-13(21-14(11)9-20-15)16(22)19-6-5-10-1-3-12(18)4-2-10/h1-4,7-9,21H,5-6H2,(H,19,22). The summed E-state index contributed by atoms with van der Waals surface area (Å²) in [5.74, 6) is -0.465. The molecule has 0 saturated heterocycles. The Morgan fingerprint density at radius 3 is 2.82 bits per heavy atom. The van der Waals surface area contributed by atoms with Crippen LogP contribution in [0.2, 0.25) is 5.15 Å². The molecule has 0 fully saturated rings. The number of carbonyl (C=O) groups excluding carboxylic acids is 1. The van der Waals surface area contributed by atoms with E-state index in [9.17, 15) is 9.18 Å². The van der Waals surface area contributed by atoms with Gasteiger partial charge < -0.3 is 10.3 Å². The molecule has 1 amide bonds. The molecule has 3 rings (SSSR count). The van der Waals surface area contributed by atoms with Gasteiger partial charge in [0.05, 0.1) is 11.7 Å². The Kier molecular flexibility index (Phi) is 4.06. The van der Waals surface area contributed by atoms with Gasteiger partial charge in [0, 0.05) is 11.9 Å². The fraction of sp³-hybridized carbons (Fsp3) is 0.125. The molecule has 4 nitrogen and oxygen atoms in total. The van der Waals surface area contributed by atoms with Gasteiger partial charge in [-0.25, -0.2) is 9.37 Å². The Morgan fingerprint density at radius 1 is 1.27 bits per heavy atom. The van der Waals surface area contributed by atoms with Crippen LogP contribution in [0.1, 0.15) is 16.1 Å². The fourth-order valence-electron chi connectivity index (χ4n) is 2.19. The number of aromatic nitrogens is 2. The number of hydrogen-bond acceptors (Lipinski definition) is 2. The number of amides is 1. The van der Waals surface area contributed by atoms with Gasteiger partial charge >= 0.3 is 0 Å². The molecular weight excluding hydrogens is 305 g/mol. The van der Waals surface area contributed by atoms with Crippen molar-refractivity contribution in [3.63, 3.8) is 0 Å². The van der Waals surface area contributed by atoms with E-state index in [1.54, 1.807) is 30.5 Å². The molecule has 0 aliphatic rings. The molecule has 112 valence electrons. The molecule has 0 unspecified atom stereocenters. The number of fused-ring (bicyclic) bond motifs is 1. The first-order valence-corrected chi connectivity index (χ1v) is 7.16. The number of hydrogen-bond donors (Lipinski definition) is 2. The monoisotopic (exact) mass is 317 g/mol. The van der Waals surface area contributed by atoms with Crippen LogP contribution in [0.15, 0.2) is 42.6 Å². The number of carbonyl (C=O) groups is 1. The summed E-state index contributed by atoms with van der Waals surface area (Å²) in [6.07, 6.45) is 2.23. The first kappa shape index (κ1) is 14.5. The van der Waals surface area contributed by atoms with Crippen molar-refractivity contribution >= 4 is 28.4 Å². The van der Waals surface area contributed by atoms with Gasteiger partial charge in [-0.05, 0) is 36.2 Å². The third-order valence-corrected chi connectivity index (χ3v) is 3.54. The van der Waals surface area contributed by atoms with Gasteiger partial charge in [-0.3, -0.25) is 4.79 Å². The zero-order valence-corrected chi connectivity index (χ0v) is 12.3. The van der Waals surface area contributed by atoms with Crippen LogP contribution in [0.25, 0.3) is 10.9 Å². The minimum atomic E-state index is -0.266. The lowest BCUT2D eigenvalue weighted by molar-refractivity contribution is 0.0950. The quantitative estimate of drug-likeness (QED) is 0.725. The number of rotatable bonds is 4. The van der Waals surface area contributed by atoms with Crippen LogP contribution in [0, 0.1) is 5.82 Å². The summed E-state index contributed by atoms with van der Waals surface area (Å²) in [5, 5.41) is 4.04. The zero-order valence-electron chi connectivity index (χ0n) is 11.6. The lowest BCUT2D eigenvalue weighted by Crippen LogP contribution is -2.25. The molecule has 2 aromatic heterocycles. The molecule has 0 atom stereocenters. The largest absolute Gasteiger partial charge is 0.350 e. The first-order valence-electron chi connectivity index (χ1n) is 6.79. The van der Waals surface area contributed by atoms with Crippen LogP contribution in [0.5, 0.6) is 0 Å². The summed E-state index contributed by atoms with van der Waals surface area (Å²) in [7, 11) is 0. The maximum Gasteiger partial charge on any atom is 0.267 e. The van der Waals surface area contributed by atoms with E-state index in [2.05, 4.69) is 15.3 Å². The molecule has 0 saturated carbocycles. The minimum absolute atomic E-state index is 0.200. The van der Waals surface area contributed by atoms with Crippen molar-refractivity contribution in [3.8, 4) is 0 Å². The highest BCUT2D eigenvalue weighted by Crippen LogP contribution is 2.17. The van der Waals surface area contributed by atoms with Gasteiger partial charge in [0.25, 0.3) is 5.91 Å². The Labute approximate surface area is 131 Å². The van der Waals surface area contributed by atoms with Gasteiger partial charge in [0.15, 0.2) is 0 Å². The van der Waals surface area contributed by atoms with Gasteiger partial charge in [-0.2, -0.15) is 0 Å². The highest BCUT2D eigenvalue weighted by Gasteiger charge is 2.09. The fourth-order valence-corrected chi connectivity index (χ4v) is 2.36. The molecule has 22 heavy (non-hydrogen) atoms. The van der Waals surface area contributed by atoms with Crippen molar-refractivity contribution in [1.29, 1.82) is 0 Å². The predicted molar refractivity (Wildman–Crippen MR) is 83.5 cm³/mol. The number of nitrogens with one attached hydrogen (secondary N) is 2. The van der Waals surface area contributed by atoms with E-state index >= 15 is 0 Å². The molecule has 0 spiro atoms. The number of H-pyrrole nitrogens is 1. The molecule has 2 N–H and O–H groups in total. The van der Waals surface area contributed by atoms with Crippen molar-refractivity contribution in [3.05, 3.63) is 64.8 Å². The smallest absolute Gasteiger partial charge is 0.267 e. The highest BCUT2D eigenvalue weighted by atomic mass is 35.5. The summed E-state index contributed by atoms with van der Waals surface area (Å²) in [6.45, 7) is 0.471. The summed E-state index contributed by atoms with van der Waals surface area (Å²) in [4.78, 5) is 19.0. The maximum absolute atomic E-state index is 12.8. The predicted octanol–water partition coefficient (Wildman–Crippen LogP) is 3.33. The number of pyridine rings is 1. The van der Waals surface area contributed by atoms with Gasteiger partial charge in [-0.1, -0.05) is 23.7 Å². The number of halogens is 2. The van der Waals surface area contributed by atoms with E-state index in [1.807, 2.05) is 0 Å². The van der Waals surface area contributed by atoms with Crippen molar-refractivity contribution in [2.24, 2.45) is 0 Å². The van der Waals surface area contributed by atoms with Crippen LogP contribution in [0.4, 0.5) is 4.39 Å².